The lowest BCUT2D eigenvalue weighted by Crippen LogP contribution is -2.44. The molecule has 2 atom stereocenters. The van der Waals surface area contributed by atoms with Crippen LogP contribution in [0.15, 0.2) is 24.5 Å². The molecule has 280 valence electrons. The highest BCUT2D eigenvalue weighted by Crippen LogP contribution is 2.38. The Morgan fingerprint density at radius 3 is 1.63 bits per heavy atom. The zero-order chi connectivity index (χ0) is 37.5. The Bertz CT molecular complexity index is 1940. The minimum atomic E-state index is -0.118. The summed E-state index contributed by atoms with van der Waals surface area (Å²) in [6.07, 6.45) is 11.7. The summed E-state index contributed by atoms with van der Waals surface area (Å²) in [4.78, 5) is 19.6. The fraction of sp³-hybridized carbons (Fsp3) is 0.514. The maximum absolute atomic E-state index is 9.67. The average molecular weight is 919 g/mol. The van der Waals surface area contributed by atoms with Crippen LogP contribution >= 0.6 is 79.1 Å². The Labute approximate surface area is 344 Å². The third kappa shape index (κ3) is 10.6. The van der Waals surface area contributed by atoms with Gasteiger partial charge in [0.1, 0.15) is 33.6 Å². The zero-order valence-electron chi connectivity index (χ0n) is 30.1. The first-order valence-corrected chi connectivity index (χ1v) is 19.7. The van der Waals surface area contributed by atoms with E-state index in [-0.39, 0.29) is 49.1 Å². The zero-order valence-corrected chi connectivity index (χ0v) is 36.3. The van der Waals surface area contributed by atoms with Crippen LogP contribution in [0.3, 0.4) is 0 Å². The lowest BCUT2D eigenvalue weighted by Gasteiger charge is -2.40. The van der Waals surface area contributed by atoms with Gasteiger partial charge in [0.2, 0.25) is 0 Å². The minimum absolute atomic E-state index is 0. The van der Waals surface area contributed by atoms with Crippen LogP contribution in [0.1, 0.15) is 105 Å². The molecule has 0 N–H and O–H groups in total. The van der Waals surface area contributed by atoms with Gasteiger partial charge in [0.15, 0.2) is 0 Å². The molecule has 9 nitrogen and oxygen atoms in total. The molecule has 2 fully saturated rings. The van der Waals surface area contributed by atoms with Gasteiger partial charge in [0.05, 0.1) is 66.4 Å². The fourth-order valence-electron chi connectivity index (χ4n) is 6.12. The van der Waals surface area contributed by atoms with E-state index in [1.807, 2.05) is 33.1 Å². The molecule has 5 heterocycles. The molecule has 0 radical (unpaired) electrons. The molecule has 0 aromatic carbocycles. The highest BCUT2D eigenvalue weighted by molar-refractivity contribution is 9.09. The summed E-state index contributed by atoms with van der Waals surface area (Å²) < 4.78 is 11.0. The molecule has 4 aromatic rings. The van der Waals surface area contributed by atoms with Gasteiger partial charge in [0, 0.05) is 38.1 Å². The van der Waals surface area contributed by atoms with Crippen molar-refractivity contribution >= 4 is 107 Å². The molecule has 15 heteroatoms. The summed E-state index contributed by atoms with van der Waals surface area (Å²) in [5.74, 6) is 0. The Kier molecular flexibility index (Phi) is 16.6. The van der Waals surface area contributed by atoms with Crippen LogP contribution in [0.4, 0.5) is 5.69 Å². The van der Waals surface area contributed by atoms with Gasteiger partial charge in [-0.1, -0.05) is 85.9 Å². The van der Waals surface area contributed by atoms with Crippen molar-refractivity contribution in [2.24, 2.45) is 0 Å². The highest BCUT2D eigenvalue weighted by Gasteiger charge is 2.32. The molecule has 1 aliphatic carbocycles. The number of halogens is 6. The first-order valence-electron chi connectivity index (χ1n) is 16.8. The number of fused-ring (bicyclic) bond motifs is 2. The number of aromatic nitrogens is 4. The highest BCUT2D eigenvalue weighted by atomic mass is 79.9. The van der Waals surface area contributed by atoms with Crippen LogP contribution in [0.2, 0.25) is 15.3 Å². The van der Waals surface area contributed by atoms with E-state index < -0.39 is 0 Å². The number of hydrogen-bond donors (Lipinski definition) is 0. The van der Waals surface area contributed by atoms with E-state index >= 15 is 0 Å². The molecule has 1 aliphatic heterocycles. The summed E-state index contributed by atoms with van der Waals surface area (Å²) in [6.45, 7) is 9.92. The van der Waals surface area contributed by atoms with E-state index in [4.69, 9.17) is 49.5 Å². The van der Waals surface area contributed by atoms with E-state index in [0.29, 0.717) is 27.0 Å². The molecule has 0 bridgehead atoms. The smallest absolute Gasteiger partial charge is 0.149 e. The fourth-order valence-corrected chi connectivity index (χ4v) is 7.41. The van der Waals surface area contributed by atoms with Gasteiger partial charge in [0.25, 0.3) is 0 Å². The maximum atomic E-state index is 9.67. The number of anilines is 1. The number of rotatable bonds is 5. The lowest BCUT2D eigenvalue weighted by atomic mass is 9.86. The second-order valence-electron chi connectivity index (χ2n) is 13.3. The summed E-state index contributed by atoms with van der Waals surface area (Å²) in [5, 5.41) is 20.9. The van der Waals surface area contributed by atoms with Crippen molar-refractivity contribution in [2.45, 2.75) is 93.5 Å². The van der Waals surface area contributed by atoms with Crippen molar-refractivity contribution in [1.82, 2.24) is 19.9 Å². The molecule has 2 aliphatic rings. The monoisotopic (exact) mass is 915 g/mol. The van der Waals surface area contributed by atoms with Gasteiger partial charge in [-0.25, -0.2) is 9.97 Å². The predicted molar refractivity (Wildman–Crippen MR) is 221 cm³/mol. The minimum Gasteiger partial charge on any atom is -0.379 e. The number of piperidine rings is 1. The SMILES string of the molecule is CC(Br)c1cc2c(Cl)c(C#N)c(Cl)nc2cn1.COC1(C)CCCCC1.COC1(C)CCN(c2c(C#N)c(Cl)nc3cnc(C(C)Br)cc23)CC1.Cl. The molecule has 6 rings (SSSR count). The van der Waals surface area contributed by atoms with E-state index in [9.17, 15) is 5.26 Å². The van der Waals surface area contributed by atoms with Crippen molar-refractivity contribution < 1.29 is 9.47 Å². The Morgan fingerprint density at radius 1 is 0.750 bits per heavy atom. The molecule has 2 unspecified atom stereocenters. The molecule has 52 heavy (non-hydrogen) atoms. The quantitative estimate of drug-likeness (QED) is 0.142. The first-order chi connectivity index (χ1) is 24.2. The van der Waals surface area contributed by atoms with Crippen LogP contribution < -0.4 is 4.90 Å². The number of methoxy groups -OCH3 is 2. The Hall–Kier alpha value is -2.06. The Morgan fingerprint density at radius 2 is 1.19 bits per heavy atom. The van der Waals surface area contributed by atoms with Crippen molar-refractivity contribution in [2.75, 3.05) is 32.2 Å². The molecule has 1 saturated heterocycles. The number of nitrogens with zero attached hydrogens (tertiary/aromatic N) is 7. The number of alkyl halides is 2. The van der Waals surface area contributed by atoms with Crippen molar-refractivity contribution in [3.8, 4) is 12.1 Å². The number of hydrogen-bond acceptors (Lipinski definition) is 9. The van der Waals surface area contributed by atoms with Crippen LogP contribution in [0, 0.1) is 22.7 Å². The topological polar surface area (TPSA) is 121 Å². The van der Waals surface area contributed by atoms with Gasteiger partial charge in [-0.05, 0) is 65.5 Å². The summed E-state index contributed by atoms with van der Waals surface area (Å²) in [7, 11) is 3.58. The number of pyridine rings is 4. The first kappa shape index (κ1) is 44.3. The lowest BCUT2D eigenvalue weighted by molar-refractivity contribution is -0.0232. The van der Waals surface area contributed by atoms with Crippen LogP contribution in [0.25, 0.3) is 21.8 Å². The van der Waals surface area contributed by atoms with Crippen molar-refractivity contribution in [3.05, 3.63) is 62.4 Å². The molecular weight excluding hydrogens is 876 g/mol. The second-order valence-corrected chi connectivity index (χ2v) is 17.1. The van der Waals surface area contributed by atoms with Gasteiger partial charge in [-0.2, -0.15) is 10.5 Å². The van der Waals surface area contributed by atoms with E-state index in [1.54, 1.807) is 25.6 Å². The second kappa shape index (κ2) is 19.5. The van der Waals surface area contributed by atoms with E-state index in [2.05, 4.69) is 76.6 Å². The van der Waals surface area contributed by atoms with E-state index in [1.165, 1.54) is 32.1 Å². The maximum Gasteiger partial charge on any atom is 0.149 e. The van der Waals surface area contributed by atoms with Crippen LogP contribution in [-0.2, 0) is 9.47 Å². The largest absolute Gasteiger partial charge is 0.379 e. The Balaban J connectivity index is 0.000000233. The summed E-state index contributed by atoms with van der Waals surface area (Å²) >= 11 is 25.3. The van der Waals surface area contributed by atoms with Gasteiger partial charge in [-0.3, -0.25) is 9.97 Å². The average Bonchev–Trinajstić information content (AvgIpc) is 3.12. The van der Waals surface area contributed by atoms with Gasteiger partial charge < -0.3 is 14.4 Å². The molecule has 0 spiro atoms. The standard InChI is InChI=1S/C18H20BrClN4O.C11H6BrCl2N3.C8H16O.ClH/c1-11(19)14-8-12-15(10-22-14)23-17(20)13(9-21)16(12)24-6-4-18(2,25-3)5-7-24;1-5(12)8-2-6-9(4-16-8)17-11(14)7(3-15)10(6)13;1-8(9-2)6-4-3-5-7-8;/h8,10-11H,4-7H2,1-3H3;2,4-5H,1H3;3-7H2,1-2H3;1H. The van der Waals surface area contributed by atoms with Crippen LogP contribution in [-0.4, -0.2) is 58.4 Å². The van der Waals surface area contributed by atoms with Crippen LogP contribution in [0.5, 0.6) is 0 Å². The summed E-state index contributed by atoms with van der Waals surface area (Å²) in [6, 6.07) is 7.99. The third-order valence-corrected chi connectivity index (χ3v) is 11.6. The number of nitriles is 2. The number of ether oxygens (including phenoxy) is 2. The molecule has 4 aromatic heterocycles. The third-order valence-electron chi connectivity index (χ3n) is 9.68. The molecule has 1 saturated carbocycles. The summed E-state index contributed by atoms with van der Waals surface area (Å²) in [5.41, 5.74) is 4.59. The van der Waals surface area contributed by atoms with Crippen molar-refractivity contribution in [3.63, 3.8) is 0 Å². The van der Waals surface area contributed by atoms with Gasteiger partial charge in [-0.15, -0.1) is 12.4 Å². The van der Waals surface area contributed by atoms with Gasteiger partial charge >= 0.3 is 0 Å². The molecular formula is C37H43Br2Cl4N7O2. The molecule has 0 amide bonds. The van der Waals surface area contributed by atoms with E-state index in [0.717, 1.165) is 48.4 Å². The van der Waals surface area contributed by atoms with Crippen molar-refractivity contribution in [1.29, 1.82) is 10.5 Å². The predicted octanol–water partition coefficient (Wildman–Crippen LogP) is 11.7. The normalized spacial score (nSPS) is 17.3.